The van der Waals surface area contributed by atoms with Gasteiger partial charge < -0.3 is 15.5 Å². The van der Waals surface area contributed by atoms with Gasteiger partial charge in [0.1, 0.15) is 11.4 Å². The molecule has 0 unspecified atom stereocenters. The van der Waals surface area contributed by atoms with Gasteiger partial charge in [0.15, 0.2) is 0 Å². The minimum Gasteiger partial charge on any atom is -0.394 e. The molecule has 3 N–H and O–H groups in total. The zero-order chi connectivity index (χ0) is 21.0. The van der Waals surface area contributed by atoms with Crippen LogP contribution in [0.15, 0.2) is 59.4 Å². The lowest BCUT2D eigenvalue weighted by Gasteiger charge is -2.12. The van der Waals surface area contributed by atoms with E-state index in [4.69, 9.17) is 16.7 Å². The fourth-order valence-corrected chi connectivity index (χ4v) is 2.70. The molecule has 0 aliphatic heterocycles. The Balaban J connectivity index is 2.12. The normalized spacial score (nSPS) is 11.9. The molecule has 0 saturated carbocycles. The van der Waals surface area contributed by atoms with Crippen LogP contribution in [0.3, 0.4) is 0 Å². The molecule has 29 heavy (non-hydrogen) atoms. The molecule has 9 heteroatoms. The van der Waals surface area contributed by atoms with Crippen molar-refractivity contribution in [2.24, 2.45) is 0 Å². The van der Waals surface area contributed by atoms with E-state index in [0.717, 1.165) is 10.7 Å². The first-order valence-electron chi connectivity index (χ1n) is 8.62. The highest BCUT2D eigenvalue weighted by Gasteiger charge is 2.18. The van der Waals surface area contributed by atoms with Gasteiger partial charge >= 0.3 is 0 Å². The minimum atomic E-state index is -1.16. The highest BCUT2D eigenvalue weighted by atomic mass is 35.5. The van der Waals surface area contributed by atoms with Crippen LogP contribution >= 0.6 is 11.6 Å². The third kappa shape index (κ3) is 4.86. The summed E-state index contributed by atoms with van der Waals surface area (Å²) in [5, 5.41) is 25.5. The van der Waals surface area contributed by atoms with Gasteiger partial charge in [0.05, 0.1) is 24.1 Å². The lowest BCUT2D eigenvalue weighted by Crippen LogP contribution is -2.38. The number of aromatic nitrogens is 2. The van der Waals surface area contributed by atoms with E-state index in [-0.39, 0.29) is 17.8 Å². The van der Waals surface area contributed by atoms with Crippen molar-refractivity contribution in [3.63, 3.8) is 0 Å². The number of benzene rings is 2. The van der Waals surface area contributed by atoms with Gasteiger partial charge in [0.25, 0.3) is 11.5 Å². The molecule has 1 heterocycles. The summed E-state index contributed by atoms with van der Waals surface area (Å²) >= 11 is 5.91. The van der Waals surface area contributed by atoms with Gasteiger partial charge in [-0.3, -0.25) is 9.59 Å². The maximum Gasteiger partial charge on any atom is 0.284 e. The molecule has 1 amide bonds. The molecule has 0 spiro atoms. The lowest BCUT2D eigenvalue weighted by molar-refractivity contribution is 0.0800. The van der Waals surface area contributed by atoms with Crippen molar-refractivity contribution >= 4 is 17.5 Å². The summed E-state index contributed by atoms with van der Waals surface area (Å²) in [6, 6.07) is 13.2. The van der Waals surface area contributed by atoms with Crippen LogP contribution in [0.1, 0.15) is 10.4 Å². The summed E-state index contributed by atoms with van der Waals surface area (Å²) < 4.78 is 14.6. The van der Waals surface area contributed by atoms with Crippen molar-refractivity contribution < 1.29 is 19.4 Å². The van der Waals surface area contributed by atoms with Crippen LogP contribution < -0.4 is 10.9 Å². The second kappa shape index (κ2) is 8.95. The number of rotatable bonds is 6. The van der Waals surface area contributed by atoms with Gasteiger partial charge in [-0.25, -0.2) is 4.39 Å². The van der Waals surface area contributed by atoms with Crippen molar-refractivity contribution in [2.75, 3.05) is 13.2 Å². The van der Waals surface area contributed by atoms with Crippen LogP contribution in [0.2, 0.25) is 5.02 Å². The highest BCUT2D eigenvalue weighted by Crippen LogP contribution is 2.20. The Hall–Kier alpha value is -3.07. The Morgan fingerprint density at radius 3 is 2.59 bits per heavy atom. The number of aliphatic hydroxyl groups is 2. The van der Waals surface area contributed by atoms with E-state index in [9.17, 15) is 19.1 Å². The first kappa shape index (κ1) is 20.7. The number of hydrogen-bond acceptors (Lipinski definition) is 5. The molecule has 2 aromatic carbocycles. The van der Waals surface area contributed by atoms with Gasteiger partial charge in [-0.05, 0) is 36.4 Å². The average Bonchev–Trinajstić information content (AvgIpc) is 2.72. The topological polar surface area (TPSA) is 104 Å². The molecule has 0 aliphatic carbocycles. The number of nitrogens with zero attached hydrogens (tertiary/aromatic N) is 2. The number of aliphatic hydroxyl groups excluding tert-OH is 2. The molecule has 1 aromatic heterocycles. The number of amides is 1. The lowest BCUT2D eigenvalue weighted by atomic mass is 10.1. The maximum absolute atomic E-state index is 13.7. The fourth-order valence-electron chi connectivity index (χ4n) is 2.57. The third-order valence-electron chi connectivity index (χ3n) is 4.06. The second-order valence-corrected chi connectivity index (χ2v) is 6.63. The molecule has 0 aliphatic rings. The van der Waals surface area contributed by atoms with E-state index >= 15 is 0 Å². The molecule has 0 radical (unpaired) electrons. The van der Waals surface area contributed by atoms with Crippen LogP contribution in [0.4, 0.5) is 4.39 Å². The molecule has 3 rings (SSSR count). The second-order valence-electron chi connectivity index (χ2n) is 6.19. The maximum atomic E-state index is 13.7. The quantitative estimate of drug-likeness (QED) is 0.567. The minimum absolute atomic E-state index is 0.148. The van der Waals surface area contributed by atoms with E-state index in [0.29, 0.717) is 16.3 Å². The van der Waals surface area contributed by atoms with Gasteiger partial charge in [-0.15, -0.1) is 0 Å². The standard InChI is InChI=1S/C20H17ClFN3O4/c21-13-6-4-12(5-7-13)18-9-17(19(28)23-10-16(27)11-26)20(29)25(24-18)15-3-1-2-14(22)8-15/h1-9,16,26-27H,10-11H2,(H,23,28)/t16-/m0/s1. The highest BCUT2D eigenvalue weighted by molar-refractivity contribution is 6.30. The van der Waals surface area contributed by atoms with Gasteiger partial charge in [0, 0.05) is 17.1 Å². The smallest absolute Gasteiger partial charge is 0.284 e. The van der Waals surface area contributed by atoms with Crippen molar-refractivity contribution in [3.05, 3.63) is 81.4 Å². The molecule has 7 nitrogen and oxygen atoms in total. The number of nitrogens with one attached hydrogen (secondary N) is 1. The van der Waals surface area contributed by atoms with Crippen LogP contribution in [0, 0.1) is 5.82 Å². The Labute approximate surface area is 170 Å². The average molecular weight is 418 g/mol. The van der Waals surface area contributed by atoms with Crippen molar-refractivity contribution in [1.29, 1.82) is 0 Å². The molecular weight excluding hydrogens is 401 g/mol. The molecule has 0 saturated heterocycles. The molecule has 0 bridgehead atoms. The summed E-state index contributed by atoms with van der Waals surface area (Å²) in [6.45, 7) is -0.784. The van der Waals surface area contributed by atoms with E-state index in [1.807, 2.05) is 0 Å². The number of hydrogen-bond donors (Lipinski definition) is 3. The third-order valence-corrected chi connectivity index (χ3v) is 4.31. The summed E-state index contributed by atoms with van der Waals surface area (Å²) in [6.07, 6.45) is -1.16. The molecular formula is C20H17ClFN3O4. The molecule has 0 fully saturated rings. The summed E-state index contributed by atoms with van der Waals surface area (Å²) in [5.41, 5.74) is 0.0151. The van der Waals surface area contributed by atoms with Crippen LogP contribution in [0.25, 0.3) is 16.9 Å². The Kier molecular flexibility index (Phi) is 6.38. The van der Waals surface area contributed by atoms with Gasteiger partial charge in [0.2, 0.25) is 0 Å². The summed E-state index contributed by atoms with van der Waals surface area (Å²) in [4.78, 5) is 25.4. The van der Waals surface area contributed by atoms with Crippen LogP contribution in [-0.2, 0) is 0 Å². The first-order valence-corrected chi connectivity index (χ1v) is 9.00. The number of halogens is 2. The number of carbonyl (C=O) groups excluding carboxylic acids is 1. The first-order chi connectivity index (χ1) is 13.9. The summed E-state index contributed by atoms with van der Waals surface area (Å²) in [5.74, 6) is -1.32. The summed E-state index contributed by atoms with van der Waals surface area (Å²) in [7, 11) is 0. The molecule has 1 atom stereocenters. The zero-order valence-electron chi connectivity index (χ0n) is 15.0. The van der Waals surface area contributed by atoms with Crippen molar-refractivity contribution in [3.8, 4) is 16.9 Å². The number of carbonyl (C=O) groups is 1. The predicted octanol–water partition coefficient (Wildman–Crippen LogP) is 1.77. The SMILES string of the molecule is O=C(NC[C@H](O)CO)c1cc(-c2ccc(Cl)cc2)nn(-c2cccc(F)c2)c1=O. The Morgan fingerprint density at radius 2 is 1.93 bits per heavy atom. The van der Waals surface area contributed by atoms with Gasteiger partial charge in [-0.1, -0.05) is 29.8 Å². The zero-order valence-corrected chi connectivity index (χ0v) is 15.8. The predicted molar refractivity (Wildman–Crippen MR) is 106 cm³/mol. The fraction of sp³-hybridized carbons (Fsp3) is 0.150. The Bertz CT molecular complexity index is 1090. The van der Waals surface area contributed by atoms with Gasteiger partial charge in [-0.2, -0.15) is 9.78 Å². The van der Waals surface area contributed by atoms with E-state index in [2.05, 4.69) is 10.4 Å². The largest absolute Gasteiger partial charge is 0.394 e. The monoisotopic (exact) mass is 417 g/mol. The van der Waals surface area contributed by atoms with E-state index in [1.54, 1.807) is 24.3 Å². The molecule has 150 valence electrons. The van der Waals surface area contributed by atoms with Crippen LogP contribution in [-0.4, -0.2) is 45.2 Å². The van der Waals surface area contributed by atoms with E-state index in [1.165, 1.54) is 24.3 Å². The van der Waals surface area contributed by atoms with Crippen LogP contribution in [0.5, 0.6) is 0 Å². The Morgan fingerprint density at radius 1 is 1.21 bits per heavy atom. The van der Waals surface area contributed by atoms with Crippen molar-refractivity contribution in [1.82, 2.24) is 15.1 Å². The molecule has 3 aromatic rings. The van der Waals surface area contributed by atoms with Crippen molar-refractivity contribution in [2.45, 2.75) is 6.10 Å². The van der Waals surface area contributed by atoms with E-state index < -0.39 is 30.0 Å².